The van der Waals surface area contributed by atoms with E-state index in [1.54, 1.807) is 26.1 Å². The zero-order chi connectivity index (χ0) is 20.9. The largest absolute Gasteiger partial charge is 0.384 e. The molecular formula is C22H28ClFN4. The summed E-state index contributed by atoms with van der Waals surface area (Å²) in [7, 11) is 0. The van der Waals surface area contributed by atoms with Gasteiger partial charge in [-0.3, -0.25) is 0 Å². The summed E-state index contributed by atoms with van der Waals surface area (Å²) in [5, 5.41) is 3.00. The van der Waals surface area contributed by atoms with E-state index in [2.05, 4.69) is 21.9 Å². The van der Waals surface area contributed by atoms with Gasteiger partial charge in [0.15, 0.2) is 11.7 Å². The van der Waals surface area contributed by atoms with Gasteiger partial charge in [-0.05, 0) is 75.1 Å². The number of alkyl halides is 1. The molecule has 1 heterocycles. The number of aryl methyl sites for hydroxylation is 2. The molecule has 2 rings (SSSR count). The monoisotopic (exact) mass is 402 g/mol. The number of nitrogens with two attached hydrogens (primary N) is 1. The second-order valence-corrected chi connectivity index (χ2v) is 6.64. The van der Waals surface area contributed by atoms with Gasteiger partial charge >= 0.3 is 0 Å². The maximum Gasteiger partial charge on any atom is 0.163 e. The molecule has 0 aliphatic heterocycles. The predicted octanol–water partition coefficient (Wildman–Crippen LogP) is 5.91. The molecule has 0 aliphatic carbocycles. The first kappa shape index (κ1) is 23.4. The molecule has 0 saturated carbocycles. The molecule has 28 heavy (non-hydrogen) atoms. The van der Waals surface area contributed by atoms with Crippen molar-refractivity contribution in [1.29, 1.82) is 0 Å². The van der Waals surface area contributed by atoms with Crippen LogP contribution in [0.4, 0.5) is 15.9 Å². The number of aliphatic imine (C=N–C) groups is 1. The number of amidine groups is 1. The minimum atomic E-state index is -0.520. The van der Waals surface area contributed by atoms with E-state index in [1.165, 1.54) is 6.08 Å². The van der Waals surface area contributed by atoms with Gasteiger partial charge in [0.2, 0.25) is 0 Å². The maximum atomic E-state index is 13.9. The number of nitrogens with one attached hydrogen (secondary N) is 1. The fraction of sp³-hybridized carbons (Fsp3) is 0.273. The molecule has 0 bridgehead atoms. The first-order chi connectivity index (χ1) is 13.4. The van der Waals surface area contributed by atoms with Crippen LogP contribution in [0.1, 0.15) is 31.9 Å². The Bertz CT molecular complexity index is 816. The first-order valence-electron chi connectivity index (χ1n) is 9.07. The van der Waals surface area contributed by atoms with Crippen molar-refractivity contribution in [2.75, 3.05) is 11.1 Å². The Labute approximate surface area is 172 Å². The number of aromatic nitrogens is 1. The van der Waals surface area contributed by atoms with Crippen molar-refractivity contribution in [2.24, 2.45) is 4.99 Å². The van der Waals surface area contributed by atoms with E-state index >= 15 is 0 Å². The summed E-state index contributed by atoms with van der Waals surface area (Å²) < 4.78 is 13.9. The van der Waals surface area contributed by atoms with E-state index in [1.807, 2.05) is 43.3 Å². The topological polar surface area (TPSA) is 63.3 Å². The lowest BCUT2D eigenvalue weighted by atomic mass is 10.0. The summed E-state index contributed by atoms with van der Waals surface area (Å²) in [6, 6.07) is 11.6. The van der Waals surface area contributed by atoms with E-state index in [-0.39, 0.29) is 5.84 Å². The summed E-state index contributed by atoms with van der Waals surface area (Å²) in [4.78, 5) is 8.08. The Hall–Kier alpha value is -2.66. The molecule has 2 aromatic rings. The van der Waals surface area contributed by atoms with Crippen LogP contribution in [-0.2, 0) is 12.8 Å². The third kappa shape index (κ3) is 8.82. The van der Waals surface area contributed by atoms with E-state index in [4.69, 9.17) is 17.3 Å². The number of rotatable bonds is 6. The molecule has 3 N–H and O–H groups in total. The van der Waals surface area contributed by atoms with Crippen molar-refractivity contribution >= 4 is 28.9 Å². The number of benzene rings is 1. The van der Waals surface area contributed by atoms with Crippen LogP contribution in [0.25, 0.3) is 0 Å². The molecule has 4 nitrogen and oxygen atoms in total. The SMILES string of the molecule is C/C=C(F)\C(=N/C(C)Cl)Nc1cccc(CCc2ccnc(N)c2)c1.C=CC. The van der Waals surface area contributed by atoms with Crippen LogP contribution in [0.2, 0.25) is 0 Å². The third-order valence-electron chi connectivity index (χ3n) is 3.52. The molecule has 0 radical (unpaired) electrons. The van der Waals surface area contributed by atoms with Crippen molar-refractivity contribution in [3.63, 3.8) is 0 Å². The Kier molecular flexibility index (Phi) is 10.6. The van der Waals surface area contributed by atoms with E-state index < -0.39 is 11.3 Å². The van der Waals surface area contributed by atoms with Crippen LogP contribution < -0.4 is 11.1 Å². The zero-order valence-electron chi connectivity index (χ0n) is 16.6. The third-order valence-corrected chi connectivity index (χ3v) is 3.62. The maximum absolute atomic E-state index is 13.9. The number of anilines is 2. The quantitative estimate of drug-likeness (QED) is 0.207. The van der Waals surface area contributed by atoms with Crippen molar-refractivity contribution in [3.05, 3.63) is 78.3 Å². The van der Waals surface area contributed by atoms with Crippen LogP contribution in [0.15, 0.2) is 72.1 Å². The summed E-state index contributed by atoms with van der Waals surface area (Å²) >= 11 is 5.86. The molecule has 0 aliphatic rings. The van der Waals surface area contributed by atoms with E-state index in [0.29, 0.717) is 5.82 Å². The van der Waals surface area contributed by atoms with Crippen LogP contribution >= 0.6 is 11.6 Å². The lowest BCUT2D eigenvalue weighted by Crippen LogP contribution is -2.15. The van der Waals surface area contributed by atoms with Crippen LogP contribution in [0.5, 0.6) is 0 Å². The molecule has 1 aromatic heterocycles. The van der Waals surface area contributed by atoms with E-state index in [9.17, 15) is 4.39 Å². The first-order valence-corrected chi connectivity index (χ1v) is 9.50. The van der Waals surface area contributed by atoms with Crippen molar-refractivity contribution in [2.45, 2.75) is 39.1 Å². The number of hydrogen-bond acceptors (Lipinski definition) is 3. The van der Waals surface area contributed by atoms with Gasteiger partial charge in [0.05, 0.1) is 0 Å². The van der Waals surface area contributed by atoms with E-state index in [0.717, 1.165) is 29.7 Å². The van der Waals surface area contributed by atoms with Gasteiger partial charge in [-0.15, -0.1) is 6.58 Å². The Morgan fingerprint density at radius 2 is 1.93 bits per heavy atom. The lowest BCUT2D eigenvalue weighted by Gasteiger charge is -2.11. The Morgan fingerprint density at radius 3 is 2.50 bits per heavy atom. The molecular weight excluding hydrogens is 375 g/mol. The number of nitrogens with zero attached hydrogens (tertiary/aromatic N) is 2. The van der Waals surface area contributed by atoms with Crippen molar-refractivity contribution < 1.29 is 4.39 Å². The molecule has 1 atom stereocenters. The van der Waals surface area contributed by atoms with Gasteiger partial charge in [-0.1, -0.05) is 29.8 Å². The normalized spacial score (nSPS) is 12.6. The molecule has 0 spiro atoms. The lowest BCUT2D eigenvalue weighted by molar-refractivity contribution is 0.677. The molecule has 1 unspecified atom stereocenters. The van der Waals surface area contributed by atoms with Crippen molar-refractivity contribution in [3.8, 4) is 0 Å². The minimum absolute atomic E-state index is 0.129. The molecule has 1 aromatic carbocycles. The second kappa shape index (κ2) is 12.7. The average Bonchev–Trinajstić information content (AvgIpc) is 2.66. The summed E-state index contributed by atoms with van der Waals surface area (Å²) in [6.45, 7) is 8.55. The smallest absolute Gasteiger partial charge is 0.163 e. The van der Waals surface area contributed by atoms with Crippen LogP contribution in [-0.4, -0.2) is 16.3 Å². The van der Waals surface area contributed by atoms with Gasteiger partial charge in [-0.2, -0.15) is 0 Å². The molecule has 0 fully saturated rings. The number of allylic oxidation sites excluding steroid dienone is 2. The number of pyridine rings is 1. The highest BCUT2D eigenvalue weighted by Gasteiger charge is 2.08. The molecule has 150 valence electrons. The van der Waals surface area contributed by atoms with Crippen molar-refractivity contribution in [1.82, 2.24) is 4.98 Å². The predicted molar refractivity (Wildman–Crippen MR) is 120 cm³/mol. The van der Waals surface area contributed by atoms with Gasteiger partial charge in [0.25, 0.3) is 0 Å². The zero-order valence-corrected chi connectivity index (χ0v) is 17.4. The minimum Gasteiger partial charge on any atom is -0.384 e. The van der Waals surface area contributed by atoms with Crippen LogP contribution in [0.3, 0.4) is 0 Å². The number of nitrogen functional groups attached to an aromatic ring is 1. The summed E-state index contributed by atoms with van der Waals surface area (Å²) in [5.74, 6) is 0.208. The molecule has 0 saturated heterocycles. The summed E-state index contributed by atoms with van der Waals surface area (Å²) in [5.41, 5.74) is 8.20. The molecule has 6 heteroatoms. The molecule has 0 amide bonds. The Morgan fingerprint density at radius 1 is 1.29 bits per heavy atom. The summed E-state index contributed by atoms with van der Waals surface area (Å²) in [6.07, 6.45) is 6.49. The van der Waals surface area contributed by atoms with Gasteiger partial charge in [-0.25, -0.2) is 14.4 Å². The highest BCUT2D eigenvalue weighted by atomic mass is 35.5. The fourth-order valence-corrected chi connectivity index (χ4v) is 2.45. The van der Waals surface area contributed by atoms with Gasteiger partial charge < -0.3 is 11.1 Å². The van der Waals surface area contributed by atoms with Gasteiger partial charge in [0, 0.05) is 11.9 Å². The number of halogens is 2. The fourth-order valence-electron chi connectivity index (χ4n) is 2.35. The second-order valence-electron chi connectivity index (χ2n) is 6.01. The van der Waals surface area contributed by atoms with Crippen LogP contribution in [0, 0.1) is 0 Å². The Balaban J connectivity index is 0.00000122. The highest BCUT2D eigenvalue weighted by molar-refractivity contribution is 6.21. The highest BCUT2D eigenvalue weighted by Crippen LogP contribution is 2.16. The number of hydrogen-bond donors (Lipinski definition) is 2. The van der Waals surface area contributed by atoms with Gasteiger partial charge in [0.1, 0.15) is 11.3 Å². The standard InChI is InChI=1S/C19H22ClFN4.C3H6/c1-3-17(21)19(24-13(2)20)25-16-6-4-5-14(11-16)7-8-15-9-10-23-18(22)12-15;1-3-2/h3-6,9-13H,7-8H2,1-2H3,(H2,22,23)(H,24,25);3H,1H2,2H3/b17-3+;. The average molecular weight is 403 g/mol.